The summed E-state index contributed by atoms with van der Waals surface area (Å²) in [5.74, 6) is 0.868. The van der Waals surface area contributed by atoms with E-state index in [0.29, 0.717) is 24.5 Å². The molecular formula is C18H19BrN2O4. The van der Waals surface area contributed by atoms with Gasteiger partial charge in [-0.2, -0.15) is 0 Å². The van der Waals surface area contributed by atoms with Crippen molar-refractivity contribution in [2.24, 2.45) is 0 Å². The number of halogens is 1. The number of amides is 2. The van der Waals surface area contributed by atoms with Gasteiger partial charge in [-0.3, -0.25) is 9.59 Å². The lowest BCUT2D eigenvalue weighted by Crippen LogP contribution is -2.38. The molecule has 0 heterocycles. The Kier molecular flexibility index (Phi) is 7.28. The van der Waals surface area contributed by atoms with Crippen molar-refractivity contribution in [3.63, 3.8) is 0 Å². The lowest BCUT2D eigenvalue weighted by atomic mass is 10.2. The molecule has 0 aliphatic carbocycles. The SMILES string of the molecule is COc1ccc(OCCNC(=O)CNC(=O)c2cccc(Br)c2)cc1. The van der Waals surface area contributed by atoms with Gasteiger partial charge in [0, 0.05) is 10.0 Å². The first-order valence-electron chi connectivity index (χ1n) is 7.66. The summed E-state index contributed by atoms with van der Waals surface area (Å²) >= 11 is 3.30. The third-order valence-electron chi connectivity index (χ3n) is 3.25. The number of ether oxygens (including phenoxy) is 2. The number of benzene rings is 2. The van der Waals surface area contributed by atoms with Gasteiger partial charge in [-0.05, 0) is 42.5 Å². The zero-order valence-corrected chi connectivity index (χ0v) is 15.3. The number of rotatable bonds is 8. The van der Waals surface area contributed by atoms with Gasteiger partial charge in [-0.1, -0.05) is 22.0 Å². The van der Waals surface area contributed by atoms with Crippen molar-refractivity contribution in [3.05, 3.63) is 58.6 Å². The highest BCUT2D eigenvalue weighted by molar-refractivity contribution is 9.10. The summed E-state index contributed by atoms with van der Waals surface area (Å²) in [6, 6.07) is 14.1. The monoisotopic (exact) mass is 406 g/mol. The lowest BCUT2D eigenvalue weighted by Gasteiger charge is -2.09. The van der Waals surface area contributed by atoms with E-state index in [-0.39, 0.29) is 18.4 Å². The van der Waals surface area contributed by atoms with Gasteiger partial charge in [0.05, 0.1) is 20.2 Å². The second kappa shape index (κ2) is 9.68. The van der Waals surface area contributed by atoms with Gasteiger partial charge in [0.2, 0.25) is 5.91 Å². The molecule has 0 aromatic heterocycles. The Labute approximate surface area is 154 Å². The van der Waals surface area contributed by atoms with E-state index in [4.69, 9.17) is 9.47 Å². The molecule has 0 radical (unpaired) electrons. The van der Waals surface area contributed by atoms with Gasteiger partial charge < -0.3 is 20.1 Å². The van der Waals surface area contributed by atoms with Gasteiger partial charge in [0.15, 0.2) is 0 Å². The molecule has 0 saturated heterocycles. The van der Waals surface area contributed by atoms with Crippen molar-refractivity contribution in [3.8, 4) is 11.5 Å². The summed E-state index contributed by atoms with van der Waals surface area (Å²) in [7, 11) is 1.60. The quantitative estimate of drug-likeness (QED) is 0.659. The van der Waals surface area contributed by atoms with Gasteiger partial charge in [-0.25, -0.2) is 0 Å². The molecule has 2 amide bonds. The second-order valence-electron chi connectivity index (χ2n) is 5.07. The summed E-state index contributed by atoms with van der Waals surface area (Å²) in [4.78, 5) is 23.7. The van der Waals surface area contributed by atoms with Crippen molar-refractivity contribution in [2.45, 2.75) is 0 Å². The Morgan fingerprint density at radius 2 is 1.76 bits per heavy atom. The van der Waals surface area contributed by atoms with Gasteiger partial charge in [-0.15, -0.1) is 0 Å². The number of carbonyl (C=O) groups is 2. The predicted octanol–water partition coefficient (Wildman–Crippen LogP) is 2.38. The Morgan fingerprint density at radius 3 is 2.44 bits per heavy atom. The van der Waals surface area contributed by atoms with E-state index < -0.39 is 0 Å². The fourth-order valence-corrected chi connectivity index (χ4v) is 2.39. The third kappa shape index (κ3) is 6.46. The van der Waals surface area contributed by atoms with Crippen molar-refractivity contribution in [1.82, 2.24) is 10.6 Å². The molecule has 132 valence electrons. The molecule has 6 nitrogen and oxygen atoms in total. The minimum absolute atomic E-state index is 0.0894. The van der Waals surface area contributed by atoms with Crippen LogP contribution in [-0.4, -0.2) is 38.6 Å². The number of methoxy groups -OCH3 is 1. The van der Waals surface area contributed by atoms with Crippen LogP contribution in [0.15, 0.2) is 53.0 Å². The number of nitrogens with one attached hydrogen (secondary N) is 2. The molecule has 2 N–H and O–H groups in total. The summed E-state index contributed by atoms with van der Waals surface area (Å²) in [5.41, 5.74) is 0.491. The summed E-state index contributed by atoms with van der Waals surface area (Å²) < 4.78 is 11.4. The van der Waals surface area contributed by atoms with Crippen LogP contribution in [0.3, 0.4) is 0 Å². The number of carbonyl (C=O) groups excluding carboxylic acids is 2. The fraction of sp³-hybridized carbons (Fsp3) is 0.222. The molecule has 0 saturated carbocycles. The molecule has 0 fully saturated rings. The van der Waals surface area contributed by atoms with E-state index in [0.717, 1.165) is 10.2 Å². The van der Waals surface area contributed by atoms with E-state index in [2.05, 4.69) is 26.6 Å². The molecule has 0 bridgehead atoms. The standard InChI is InChI=1S/C18H19BrN2O4/c1-24-15-5-7-16(8-6-15)25-10-9-20-17(22)12-21-18(23)13-3-2-4-14(19)11-13/h2-8,11H,9-10,12H2,1H3,(H,20,22)(H,21,23). The second-order valence-corrected chi connectivity index (χ2v) is 5.98. The molecule has 0 spiro atoms. The maximum Gasteiger partial charge on any atom is 0.251 e. The van der Waals surface area contributed by atoms with E-state index in [1.807, 2.05) is 6.07 Å². The Balaban J connectivity index is 1.64. The molecule has 0 atom stereocenters. The normalized spacial score (nSPS) is 10.0. The first-order chi connectivity index (χ1) is 12.1. The highest BCUT2D eigenvalue weighted by Gasteiger charge is 2.08. The first kappa shape index (κ1) is 18.8. The Bertz CT molecular complexity index is 719. The minimum atomic E-state index is -0.300. The van der Waals surface area contributed by atoms with E-state index in [1.54, 1.807) is 49.6 Å². The van der Waals surface area contributed by atoms with Crippen LogP contribution in [0.4, 0.5) is 0 Å². The minimum Gasteiger partial charge on any atom is -0.497 e. The summed E-state index contributed by atoms with van der Waals surface area (Å²) in [5, 5.41) is 5.25. The molecule has 2 rings (SSSR count). The first-order valence-corrected chi connectivity index (χ1v) is 8.45. The van der Waals surface area contributed by atoms with E-state index in [1.165, 1.54) is 0 Å². The van der Waals surface area contributed by atoms with Gasteiger partial charge in [0.25, 0.3) is 5.91 Å². The van der Waals surface area contributed by atoms with E-state index in [9.17, 15) is 9.59 Å². The average Bonchev–Trinajstić information content (AvgIpc) is 2.63. The third-order valence-corrected chi connectivity index (χ3v) is 3.74. The smallest absolute Gasteiger partial charge is 0.251 e. The van der Waals surface area contributed by atoms with Crippen molar-refractivity contribution in [1.29, 1.82) is 0 Å². The molecule has 25 heavy (non-hydrogen) atoms. The Morgan fingerprint density at radius 1 is 1.04 bits per heavy atom. The largest absolute Gasteiger partial charge is 0.497 e. The van der Waals surface area contributed by atoms with Crippen molar-refractivity contribution in [2.75, 3.05) is 26.8 Å². The van der Waals surface area contributed by atoms with Gasteiger partial charge >= 0.3 is 0 Å². The van der Waals surface area contributed by atoms with Gasteiger partial charge in [0.1, 0.15) is 18.1 Å². The molecule has 0 aliphatic heterocycles. The summed E-state index contributed by atoms with van der Waals surface area (Å²) in [6.45, 7) is 0.586. The molecule has 0 aliphatic rings. The van der Waals surface area contributed by atoms with Crippen LogP contribution in [0.25, 0.3) is 0 Å². The van der Waals surface area contributed by atoms with Crippen molar-refractivity contribution >= 4 is 27.7 Å². The lowest BCUT2D eigenvalue weighted by molar-refractivity contribution is -0.120. The molecule has 2 aromatic rings. The fourth-order valence-electron chi connectivity index (χ4n) is 1.99. The summed E-state index contributed by atoms with van der Waals surface area (Å²) in [6.07, 6.45) is 0. The van der Waals surface area contributed by atoms with Crippen LogP contribution in [0.1, 0.15) is 10.4 Å². The van der Waals surface area contributed by atoms with Crippen LogP contribution in [-0.2, 0) is 4.79 Å². The van der Waals surface area contributed by atoms with Crippen LogP contribution in [0.5, 0.6) is 11.5 Å². The maximum absolute atomic E-state index is 11.9. The zero-order valence-electron chi connectivity index (χ0n) is 13.8. The molecular weight excluding hydrogens is 388 g/mol. The number of hydrogen-bond donors (Lipinski definition) is 2. The Hall–Kier alpha value is -2.54. The average molecular weight is 407 g/mol. The zero-order chi connectivity index (χ0) is 18.1. The molecule has 7 heteroatoms. The van der Waals surface area contributed by atoms with Crippen LogP contribution in [0, 0.1) is 0 Å². The predicted molar refractivity (Wildman–Crippen MR) is 98.0 cm³/mol. The molecule has 0 unspecified atom stereocenters. The highest BCUT2D eigenvalue weighted by atomic mass is 79.9. The highest BCUT2D eigenvalue weighted by Crippen LogP contribution is 2.16. The maximum atomic E-state index is 11.9. The van der Waals surface area contributed by atoms with Crippen LogP contribution in [0.2, 0.25) is 0 Å². The number of hydrogen-bond acceptors (Lipinski definition) is 4. The van der Waals surface area contributed by atoms with Crippen molar-refractivity contribution < 1.29 is 19.1 Å². The topological polar surface area (TPSA) is 76.7 Å². The van der Waals surface area contributed by atoms with Crippen LogP contribution >= 0.6 is 15.9 Å². The van der Waals surface area contributed by atoms with E-state index >= 15 is 0 Å². The van der Waals surface area contributed by atoms with Crippen LogP contribution < -0.4 is 20.1 Å². The molecule has 2 aromatic carbocycles.